The molecule has 1 aromatic carbocycles. The van der Waals surface area contributed by atoms with Crippen molar-refractivity contribution in [3.63, 3.8) is 0 Å². The van der Waals surface area contributed by atoms with E-state index in [1.54, 1.807) is 0 Å². The molecule has 0 aromatic heterocycles. The summed E-state index contributed by atoms with van der Waals surface area (Å²) in [5, 5.41) is 10.2. The van der Waals surface area contributed by atoms with Crippen LogP contribution in [0.2, 0.25) is 0 Å². The maximum atomic E-state index is 11.2. The van der Waals surface area contributed by atoms with Gasteiger partial charge in [-0.1, -0.05) is 30.3 Å². The normalized spacial score (nSPS) is 19.5. The Labute approximate surface area is 127 Å². The lowest BCUT2D eigenvalue weighted by atomic mass is 10.1. The highest BCUT2D eigenvalue weighted by molar-refractivity contribution is 7.90. The molecule has 1 unspecified atom stereocenters. The zero-order valence-corrected chi connectivity index (χ0v) is 13.3. The van der Waals surface area contributed by atoms with Crippen molar-refractivity contribution in [1.29, 1.82) is 0 Å². The molecule has 0 saturated carbocycles. The maximum Gasteiger partial charge on any atom is 0.148 e. The van der Waals surface area contributed by atoms with Crippen molar-refractivity contribution in [2.24, 2.45) is 0 Å². The third-order valence-electron chi connectivity index (χ3n) is 3.86. The number of piperazine rings is 1. The Morgan fingerprint density at radius 1 is 1.10 bits per heavy atom. The van der Waals surface area contributed by atoms with E-state index in [4.69, 9.17) is 0 Å². The van der Waals surface area contributed by atoms with Crippen molar-refractivity contribution >= 4 is 9.84 Å². The first kappa shape index (κ1) is 16.4. The summed E-state index contributed by atoms with van der Waals surface area (Å²) in [6, 6.07) is 9.68. The van der Waals surface area contributed by atoms with Gasteiger partial charge in [0.05, 0.1) is 11.9 Å². The van der Waals surface area contributed by atoms with Gasteiger partial charge in [0.1, 0.15) is 9.84 Å². The second-order valence-electron chi connectivity index (χ2n) is 5.70. The fourth-order valence-corrected chi connectivity index (χ4v) is 3.11. The van der Waals surface area contributed by atoms with Crippen molar-refractivity contribution in [3.05, 3.63) is 35.9 Å². The first-order valence-corrected chi connectivity index (χ1v) is 9.35. The van der Waals surface area contributed by atoms with Crippen LogP contribution in [0.1, 0.15) is 11.7 Å². The van der Waals surface area contributed by atoms with Gasteiger partial charge < -0.3 is 5.11 Å². The fourth-order valence-electron chi connectivity index (χ4n) is 2.52. The summed E-state index contributed by atoms with van der Waals surface area (Å²) in [4.78, 5) is 4.40. The smallest absolute Gasteiger partial charge is 0.148 e. The van der Waals surface area contributed by atoms with Crippen LogP contribution in [0.5, 0.6) is 0 Å². The molecule has 1 aliphatic rings. The molecular weight excluding hydrogens is 288 g/mol. The highest BCUT2D eigenvalue weighted by Crippen LogP contribution is 2.14. The van der Waals surface area contributed by atoms with E-state index in [0.29, 0.717) is 13.1 Å². The zero-order valence-electron chi connectivity index (χ0n) is 12.5. The van der Waals surface area contributed by atoms with E-state index < -0.39 is 15.9 Å². The van der Waals surface area contributed by atoms with Crippen LogP contribution in [0.15, 0.2) is 30.3 Å². The third kappa shape index (κ3) is 5.74. The van der Waals surface area contributed by atoms with E-state index in [1.807, 2.05) is 30.3 Å². The van der Waals surface area contributed by atoms with Gasteiger partial charge in [0.25, 0.3) is 0 Å². The summed E-state index contributed by atoms with van der Waals surface area (Å²) in [5.74, 6) is 0.222. The molecule has 0 bridgehead atoms. The van der Waals surface area contributed by atoms with Crippen molar-refractivity contribution in [2.75, 3.05) is 51.3 Å². The Kier molecular flexibility index (Phi) is 5.75. The maximum absolute atomic E-state index is 11.2. The summed E-state index contributed by atoms with van der Waals surface area (Å²) in [6.45, 7) is 4.69. The summed E-state index contributed by atoms with van der Waals surface area (Å²) >= 11 is 0. The number of nitrogens with zero attached hydrogens (tertiary/aromatic N) is 2. The van der Waals surface area contributed by atoms with Crippen LogP contribution in [0.4, 0.5) is 0 Å². The topological polar surface area (TPSA) is 60.9 Å². The van der Waals surface area contributed by atoms with E-state index in [0.717, 1.165) is 31.7 Å². The van der Waals surface area contributed by atoms with Gasteiger partial charge >= 0.3 is 0 Å². The molecule has 5 nitrogen and oxygen atoms in total. The van der Waals surface area contributed by atoms with Crippen LogP contribution in [0.25, 0.3) is 0 Å². The Morgan fingerprint density at radius 2 is 1.67 bits per heavy atom. The third-order valence-corrected chi connectivity index (χ3v) is 4.78. The minimum atomic E-state index is -2.89. The van der Waals surface area contributed by atoms with Crippen molar-refractivity contribution < 1.29 is 13.5 Å². The number of β-amino-alcohol motifs (C(OH)–C–C–N with tert-alkyl or cyclic N) is 1. The molecule has 0 aliphatic carbocycles. The molecule has 0 spiro atoms. The van der Waals surface area contributed by atoms with Crippen LogP contribution in [0, 0.1) is 0 Å². The van der Waals surface area contributed by atoms with Crippen LogP contribution < -0.4 is 0 Å². The first-order chi connectivity index (χ1) is 9.94. The van der Waals surface area contributed by atoms with Crippen LogP contribution >= 0.6 is 0 Å². The largest absolute Gasteiger partial charge is 0.387 e. The second kappa shape index (κ2) is 7.35. The molecule has 118 valence electrons. The number of sulfone groups is 1. The van der Waals surface area contributed by atoms with E-state index in [2.05, 4.69) is 9.80 Å². The van der Waals surface area contributed by atoms with Gasteiger partial charge in [-0.2, -0.15) is 0 Å². The number of benzene rings is 1. The van der Waals surface area contributed by atoms with Crippen LogP contribution in [-0.2, 0) is 9.84 Å². The van der Waals surface area contributed by atoms with Crippen LogP contribution in [-0.4, -0.2) is 74.6 Å². The highest BCUT2D eigenvalue weighted by Gasteiger charge is 2.20. The molecule has 1 aliphatic heterocycles. The molecule has 6 heteroatoms. The number of hydrogen-bond acceptors (Lipinski definition) is 5. The molecule has 0 radical (unpaired) electrons. The fraction of sp³-hybridized carbons (Fsp3) is 0.600. The molecule has 2 rings (SSSR count). The Hall–Kier alpha value is -0.950. The molecule has 1 N–H and O–H groups in total. The van der Waals surface area contributed by atoms with Gasteiger partial charge in [0.15, 0.2) is 0 Å². The Bertz CT molecular complexity index is 525. The molecular formula is C15H24N2O3S. The predicted molar refractivity (Wildman–Crippen MR) is 84.0 cm³/mol. The van der Waals surface area contributed by atoms with Gasteiger partial charge in [-0.05, 0) is 5.56 Å². The number of hydrogen-bond donors (Lipinski definition) is 1. The van der Waals surface area contributed by atoms with E-state index in [-0.39, 0.29) is 5.75 Å². The lowest BCUT2D eigenvalue weighted by Gasteiger charge is -2.35. The molecule has 1 atom stereocenters. The molecule has 0 amide bonds. The average molecular weight is 312 g/mol. The van der Waals surface area contributed by atoms with Crippen molar-refractivity contribution in [3.8, 4) is 0 Å². The SMILES string of the molecule is CS(=O)(=O)CCN1CCN(CC(O)c2ccccc2)CC1. The Morgan fingerprint density at radius 3 is 2.24 bits per heavy atom. The minimum Gasteiger partial charge on any atom is -0.387 e. The average Bonchev–Trinajstić information content (AvgIpc) is 2.46. The summed E-state index contributed by atoms with van der Waals surface area (Å²) in [5.41, 5.74) is 0.942. The van der Waals surface area contributed by atoms with E-state index in [1.165, 1.54) is 6.26 Å². The van der Waals surface area contributed by atoms with Crippen molar-refractivity contribution in [2.45, 2.75) is 6.10 Å². The molecule has 1 saturated heterocycles. The van der Waals surface area contributed by atoms with Gasteiger partial charge in [-0.3, -0.25) is 9.80 Å². The van der Waals surface area contributed by atoms with Gasteiger partial charge in [-0.25, -0.2) is 8.42 Å². The van der Waals surface area contributed by atoms with Gasteiger partial charge in [0, 0.05) is 45.5 Å². The van der Waals surface area contributed by atoms with Crippen LogP contribution in [0.3, 0.4) is 0 Å². The number of aliphatic hydroxyl groups is 1. The summed E-state index contributed by atoms with van der Waals surface area (Å²) in [7, 11) is -2.89. The predicted octanol–water partition coefficient (Wildman–Crippen LogP) is 0.382. The monoisotopic (exact) mass is 312 g/mol. The van der Waals surface area contributed by atoms with E-state index in [9.17, 15) is 13.5 Å². The molecule has 1 aromatic rings. The molecule has 1 heterocycles. The number of aliphatic hydroxyl groups excluding tert-OH is 1. The van der Waals surface area contributed by atoms with Gasteiger partial charge in [-0.15, -0.1) is 0 Å². The second-order valence-corrected chi connectivity index (χ2v) is 7.96. The highest BCUT2D eigenvalue weighted by atomic mass is 32.2. The van der Waals surface area contributed by atoms with Crippen molar-refractivity contribution in [1.82, 2.24) is 9.80 Å². The summed E-state index contributed by atoms with van der Waals surface area (Å²) in [6.07, 6.45) is 0.813. The quantitative estimate of drug-likeness (QED) is 0.823. The molecule has 1 fully saturated rings. The lowest BCUT2D eigenvalue weighted by molar-refractivity contribution is 0.0746. The minimum absolute atomic E-state index is 0.222. The Balaban J connectivity index is 1.74. The molecule has 21 heavy (non-hydrogen) atoms. The lowest BCUT2D eigenvalue weighted by Crippen LogP contribution is -2.48. The number of rotatable bonds is 6. The summed E-state index contributed by atoms with van der Waals surface area (Å²) < 4.78 is 22.3. The zero-order chi connectivity index (χ0) is 15.3. The van der Waals surface area contributed by atoms with Gasteiger partial charge in [0.2, 0.25) is 0 Å². The first-order valence-electron chi connectivity index (χ1n) is 7.29. The van der Waals surface area contributed by atoms with E-state index >= 15 is 0 Å². The standard InChI is InChI=1S/C15H24N2O3S/c1-21(19,20)12-11-16-7-9-17(10-8-16)13-15(18)14-5-3-2-4-6-14/h2-6,15,18H,7-13H2,1H3.